The van der Waals surface area contributed by atoms with Crippen molar-refractivity contribution in [3.8, 4) is 5.75 Å². The molecule has 0 aliphatic carbocycles. The fraction of sp³-hybridized carbons (Fsp3) is 0.0556. The van der Waals surface area contributed by atoms with Crippen LogP contribution in [0.4, 0.5) is 0 Å². The van der Waals surface area contributed by atoms with Gasteiger partial charge in [-0.1, -0.05) is 36.4 Å². The van der Waals surface area contributed by atoms with Gasteiger partial charge in [0.25, 0.3) is 0 Å². The Morgan fingerprint density at radius 1 is 1.05 bits per heavy atom. The van der Waals surface area contributed by atoms with Crippen molar-refractivity contribution in [3.05, 3.63) is 72.2 Å². The first-order valence-corrected chi connectivity index (χ1v) is 6.61. The Kier molecular flexibility index (Phi) is 3.56. The van der Waals surface area contributed by atoms with E-state index in [2.05, 4.69) is 0 Å². The molecule has 0 spiro atoms. The minimum Gasteiger partial charge on any atom is -0.496 e. The molecule has 0 amide bonds. The highest BCUT2D eigenvalue weighted by atomic mass is 16.5. The molecule has 104 valence electrons. The van der Waals surface area contributed by atoms with Gasteiger partial charge in [0, 0.05) is 5.39 Å². The van der Waals surface area contributed by atoms with Crippen molar-refractivity contribution >= 4 is 22.6 Å². The number of hydrogen-bond donors (Lipinski definition) is 0. The monoisotopic (exact) mass is 278 g/mol. The van der Waals surface area contributed by atoms with Gasteiger partial charge in [-0.2, -0.15) is 0 Å². The lowest BCUT2D eigenvalue weighted by Gasteiger charge is -2.07. The van der Waals surface area contributed by atoms with Crippen LogP contribution in [0.2, 0.25) is 0 Å². The predicted molar refractivity (Wildman–Crippen MR) is 82.6 cm³/mol. The SMILES string of the molecule is COc1ccc(C=CC(=O)c2ccco2)c2ccccc12. The summed E-state index contributed by atoms with van der Waals surface area (Å²) in [6.07, 6.45) is 4.81. The Hall–Kier alpha value is -2.81. The molecule has 3 nitrogen and oxygen atoms in total. The van der Waals surface area contributed by atoms with Crippen molar-refractivity contribution in [2.75, 3.05) is 7.11 Å². The quantitative estimate of drug-likeness (QED) is 0.526. The van der Waals surface area contributed by atoms with Crippen LogP contribution in [-0.4, -0.2) is 12.9 Å². The maximum atomic E-state index is 11.9. The van der Waals surface area contributed by atoms with Crippen LogP contribution >= 0.6 is 0 Å². The van der Waals surface area contributed by atoms with Gasteiger partial charge < -0.3 is 9.15 Å². The van der Waals surface area contributed by atoms with Gasteiger partial charge in [-0.15, -0.1) is 0 Å². The molecular weight excluding hydrogens is 264 g/mol. The van der Waals surface area contributed by atoms with Crippen LogP contribution in [0.25, 0.3) is 16.8 Å². The molecular formula is C18H14O3. The number of carbonyl (C=O) groups excluding carboxylic acids is 1. The number of carbonyl (C=O) groups is 1. The van der Waals surface area contributed by atoms with Gasteiger partial charge >= 0.3 is 0 Å². The van der Waals surface area contributed by atoms with E-state index in [1.165, 1.54) is 12.3 Å². The summed E-state index contributed by atoms with van der Waals surface area (Å²) in [7, 11) is 1.65. The molecule has 3 aromatic rings. The minimum atomic E-state index is -0.153. The standard InChI is InChI=1S/C18H14O3/c1-20-17-11-9-13(14-5-2-3-6-15(14)17)8-10-16(19)18-7-4-12-21-18/h2-12H,1H3. The van der Waals surface area contributed by atoms with Crippen molar-refractivity contribution in [3.63, 3.8) is 0 Å². The molecule has 0 radical (unpaired) electrons. The third-order valence-electron chi connectivity index (χ3n) is 3.32. The summed E-state index contributed by atoms with van der Waals surface area (Å²) in [5.74, 6) is 1.00. The van der Waals surface area contributed by atoms with E-state index in [4.69, 9.17) is 9.15 Å². The van der Waals surface area contributed by atoms with Gasteiger partial charge in [0.05, 0.1) is 13.4 Å². The Balaban J connectivity index is 2.00. The van der Waals surface area contributed by atoms with Crippen LogP contribution < -0.4 is 4.74 Å². The topological polar surface area (TPSA) is 39.4 Å². The summed E-state index contributed by atoms with van der Waals surface area (Å²) in [6.45, 7) is 0. The minimum absolute atomic E-state index is 0.153. The number of fused-ring (bicyclic) bond motifs is 1. The number of ether oxygens (including phenoxy) is 1. The van der Waals surface area contributed by atoms with Gasteiger partial charge in [0.1, 0.15) is 5.75 Å². The number of furan rings is 1. The van der Waals surface area contributed by atoms with Gasteiger partial charge in [0.15, 0.2) is 5.76 Å². The second-order valence-electron chi connectivity index (χ2n) is 4.58. The van der Waals surface area contributed by atoms with Crippen molar-refractivity contribution in [1.82, 2.24) is 0 Å². The normalized spacial score (nSPS) is 11.1. The van der Waals surface area contributed by atoms with Gasteiger partial charge in [-0.3, -0.25) is 4.79 Å². The van der Waals surface area contributed by atoms with E-state index in [0.717, 1.165) is 22.1 Å². The predicted octanol–water partition coefficient (Wildman–Crippen LogP) is 4.34. The van der Waals surface area contributed by atoms with Crippen LogP contribution in [0.1, 0.15) is 16.1 Å². The largest absolute Gasteiger partial charge is 0.496 e. The van der Waals surface area contributed by atoms with E-state index in [1.807, 2.05) is 36.4 Å². The van der Waals surface area contributed by atoms with Crippen molar-refractivity contribution in [1.29, 1.82) is 0 Å². The first-order valence-electron chi connectivity index (χ1n) is 6.61. The summed E-state index contributed by atoms with van der Waals surface area (Å²) >= 11 is 0. The third kappa shape index (κ3) is 2.58. The van der Waals surface area contributed by atoms with E-state index in [0.29, 0.717) is 5.76 Å². The highest BCUT2D eigenvalue weighted by Gasteiger charge is 2.06. The molecule has 0 saturated heterocycles. The summed E-state index contributed by atoms with van der Waals surface area (Å²) in [5, 5.41) is 2.06. The molecule has 0 atom stereocenters. The lowest BCUT2D eigenvalue weighted by atomic mass is 10.0. The number of ketones is 1. The number of allylic oxidation sites excluding steroid dienone is 1. The molecule has 0 aliphatic rings. The van der Waals surface area contributed by atoms with Crippen LogP contribution in [0.5, 0.6) is 5.75 Å². The highest BCUT2D eigenvalue weighted by Crippen LogP contribution is 2.29. The first kappa shape index (κ1) is 13.2. The van der Waals surface area contributed by atoms with Crippen LogP contribution in [0.3, 0.4) is 0 Å². The number of methoxy groups -OCH3 is 1. The first-order chi connectivity index (χ1) is 10.3. The Morgan fingerprint density at radius 2 is 1.86 bits per heavy atom. The smallest absolute Gasteiger partial charge is 0.221 e. The van der Waals surface area contributed by atoms with Crippen molar-refractivity contribution in [2.45, 2.75) is 0 Å². The average molecular weight is 278 g/mol. The highest BCUT2D eigenvalue weighted by molar-refractivity contribution is 6.06. The Labute approximate surface area is 122 Å². The third-order valence-corrected chi connectivity index (χ3v) is 3.32. The molecule has 1 aromatic heterocycles. The molecule has 3 heteroatoms. The zero-order chi connectivity index (χ0) is 14.7. The van der Waals surface area contributed by atoms with Gasteiger partial charge in [-0.05, 0) is 35.2 Å². The van der Waals surface area contributed by atoms with Crippen LogP contribution in [-0.2, 0) is 0 Å². The van der Waals surface area contributed by atoms with E-state index < -0.39 is 0 Å². The maximum Gasteiger partial charge on any atom is 0.221 e. The lowest BCUT2D eigenvalue weighted by molar-refractivity contribution is 0.102. The lowest BCUT2D eigenvalue weighted by Crippen LogP contribution is -1.91. The van der Waals surface area contributed by atoms with Crippen molar-refractivity contribution < 1.29 is 13.9 Å². The summed E-state index contributed by atoms with van der Waals surface area (Å²) < 4.78 is 10.4. The zero-order valence-electron chi connectivity index (χ0n) is 11.6. The van der Waals surface area contributed by atoms with Crippen molar-refractivity contribution in [2.24, 2.45) is 0 Å². The molecule has 2 aromatic carbocycles. The molecule has 1 heterocycles. The fourth-order valence-electron chi connectivity index (χ4n) is 2.28. The van der Waals surface area contributed by atoms with E-state index >= 15 is 0 Å². The van der Waals surface area contributed by atoms with Gasteiger partial charge in [-0.25, -0.2) is 0 Å². The number of rotatable bonds is 4. The maximum absolute atomic E-state index is 11.9. The van der Waals surface area contributed by atoms with E-state index in [1.54, 1.807) is 25.3 Å². The zero-order valence-corrected chi connectivity index (χ0v) is 11.6. The van der Waals surface area contributed by atoms with E-state index in [-0.39, 0.29) is 5.78 Å². The second-order valence-corrected chi connectivity index (χ2v) is 4.58. The molecule has 0 fully saturated rings. The Morgan fingerprint density at radius 3 is 2.57 bits per heavy atom. The number of hydrogen-bond acceptors (Lipinski definition) is 3. The molecule has 0 N–H and O–H groups in total. The molecule has 21 heavy (non-hydrogen) atoms. The summed E-state index contributed by atoms with van der Waals surface area (Å²) in [6, 6.07) is 15.1. The van der Waals surface area contributed by atoms with Gasteiger partial charge in [0.2, 0.25) is 5.78 Å². The summed E-state index contributed by atoms with van der Waals surface area (Å²) in [5.41, 5.74) is 0.964. The summed E-state index contributed by atoms with van der Waals surface area (Å²) in [4.78, 5) is 11.9. The van der Waals surface area contributed by atoms with Crippen LogP contribution in [0.15, 0.2) is 65.3 Å². The van der Waals surface area contributed by atoms with E-state index in [9.17, 15) is 4.79 Å². The molecule has 0 aliphatic heterocycles. The molecule has 0 bridgehead atoms. The fourth-order valence-corrected chi connectivity index (χ4v) is 2.28. The molecule has 3 rings (SSSR count). The molecule has 0 unspecified atom stereocenters. The molecule has 0 saturated carbocycles. The van der Waals surface area contributed by atoms with Crippen LogP contribution in [0, 0.1) is 0 Å². The number of benzene rings is 2. The Bertz CT molecular complexity index is 798. The second kappa shape index (κ2) is 5.67. The average Bonchev–Trinajstić information content (AvgIpc) is 3.06.